The Labute approximate surface area is 103 Å². The standard InChI is InChI=1S/C14H22N2O/c1-16-9-8-15-13(16)7-6-12(17)14-10-4-2-3-5-11(10)14/h8-12,14,17H,2-7H2,1H3. The van der Waals surface area contributed by atoms with E-state index in [4.69, 9.17) is 0 Å². The predicted octanol–water partition coefficient (Wildman–Crippen LogP) is 2.15. The van der Waals surface area contributed by atoms with E-state index in [1.807, 2.05) is 24.0 Å². The molecule has 1 heterocycles. The van der Waals surface area contributed by atoms with Crippen LogP contribution in [0.3, 0.4) is 0 Å². The van der Waals surface area contributed by atoms with Crippen LogP contribution in [0, 0.1) is 17.8 Å². The molecule has 0 amide bonds. The van der Waals surface area contributed by atoms with Crippen molar-refractivity contribution in [2.45, 2.75) is 44.6 Å². The van der Waals surface area contributed by atoms with Crippen molar-refractivity contribution in [3.63, 3.8) is 0 Å². The second-order valence-electron chi connectivity index (χ2n) is 5.75. The van der Waals surface area contributed by atoms with Crippen molar-refractivity contribution in [2.24, 2.45) is 24.8 Å². The van der Waals surface area contributed by atoms with Crippen LogP contribution in [0.4, 0.5) is 0 Å². The summed E-state index contributed by atoms with van der Waals surface area (Å²) in [5.74, 6) is 3.39. The van der Waals surface area contributed by atoms with Gasteiger partial charge in [-0.3, -0.25) is 0 Å². The quantitative estimate of drug-likeness (QED) is 0.867. The number of aliphatic hydroxyl groups excluding tert-OH is 1. The topological polar surface area (TPSA) is 38.0 Å². The summed E-state index contributed by atoms with van der Waals surface area (Å²) < 4.78 is 2.05. The van der Waals surface area contributed by atoms with E-state index >= 15 is 0 Å². The lowest BCUT2D eigenvalue weighted by Gasteiger charge is -2.10. The van der Waals surface area contributed by atoms with Gasteiger partial charge in [0, 0.05) is 25.9 Å². The number of imidazole rings is 1. The first-order valence-corrected chi connectivity index (χ1v) is 6.91. The maximum absolute atomic E-state index is 10.3. The molecule has 3 atom stereocenters. The SMILES string of the molecule is Cn1ccnc1CCC(O)C1C2CCCCC21. The Hall–Kier alpha value is -0.830. The van der Waals surface area contributed by atoms with Gasteiger partial charge in [-0.1, -0.05) is 12.8 Å². The lowest BCUT2D eigenvalue weighted by molar-refractivity contribution is 0.130. The molecule has 2 aliphatic rings. The molecule has 0 aromatic carbocycles. The summed E-state index contributed by atoms with van der Waals surface area (Å²) in [5, 5.41) is 10.3. The zero-order valence-corrected chi connectivity index (χ0v) is 10.5. The highest BCUT2D eigenvalue weighted by molar-refractivity contribution is 5.03. The maximum atomic E-state index is 10.3. The number of nitrogens with zero attached hydrogens (tertiary/aromatic N) is 2. The van der Waals surface area contributed by atoms with E-state index in [-0.39, 0.29) is 6.10 Å². The van der Waals surface area contributed by atoms with Crippen LogP contribution in [-0.2, 0) is 13.5 Å². The number of hydrogen-bond acceptors (Lipinski definition) is 2. The summed E-state index contributed by atoms with van der Waals surface area (Å²) in [6.45, 7) is 0. The van der Waals surface area contributed by atoms with E-state index in [0.29, 0.717) is 5.92 Å². The fraction of sp³-hybridized carbons (Fsp3) is 0.786. The van der Waals surface area contributed by atoms with Gasteiger partial charge in [-0.25, -0.2) is 4.98 Å². The highest BCUT2D eigenvalue weighted by atomic mass is 16.3. The molecular formula is C14H22N2O. The van der Waals surface area contributed by atoms with E-state index in [1.54, 1.807) is 0 Å². The third-order valence-electron chi connectivity index (χ3n) is 4.75. The van der Waals surface area contributed by atoms with Gasteiger partial charge in [-0.2, -0.15) is 0 Å². The predicted molar refractivity (Wildman–Crippen MR) is 66.5 cm³/mol. The molecule has 1 N–H and O–H groups in total. The Bertz CT molecular complexity index is 375. The zero-order valence-electron chi connectivity index (χ0n) is 10.5. The second-order valence-corrected chi connectivity index (χ2v) is 5.75. The molecule has 2 aliphatic carbocycles. The second kappa shape index (κ2) is 4.45. The molecule has 3 nitrogen and oxygen atoms in total. The fourth-order valence-electron chi connectivity index (χ4n) is 3.73. The number of aromatic nitrogens is 2. The molecule has 3 unspecified atom stereocenters. The van der Waals surface area contributed by atoms with Crippen LogP contribution in [0.2, 0.25) is 0 Å². The summed E-state index contributed by atoms with van der Waals surface area (Å²) in [6, 6.07) is 0. The summed E-state index contributed by atoms with van der Waals surface area (Å²) in [4.78, 5) is 4.31. The maximum Gasteiger partial charge on any atom is 0.108 e. The van der Waals surface area contributed by atoms with Crippen LogP contribution >= 0.6 is 0 Å². The van der Waals surface area contributed by atoms with Crippen LogP contribution < -0.4 is 0 Å². The molecule has 3 rings (SSSR count). The van der Waals surface area contributed by atoms with E-state index in [2.05, 4.69) is 4.98 Å². The minimum atomic E-state index is -0.0974. The van der Waals surface area contributed by atoms with Crippen molar-refractivity contribution in [3.8, 4) is 0 Å². The molecule has 94 valence electrons. The Morgan fingerprint density at radius 2 is 2.12 bits per heavy atom. The highest BCUT2D eigenvalue weighted by Crippen LogP contribution is 2.57. The van der Waals surface area contributed by atoms with E-state index in [9.17, 15) is 5.11 Å². The van der Waals surface area contributed by atoms with Crippen LogP contribution in [0.15, 0.2) is 12.4 Å². The van der Waals surface area contributed by atoms with Gasteiger partial charge in [-0.05, 0) is 37.0 Å². The number of aryl methyl sites for hydroxylation is 2. The molecule has 0 saturated heterocycles. The molecule has 0 radical (unpaired) electrons. The number of rotatable bonds is 4. The summed E-state index contributed by atoms with van der Waals surface area (Å²) in [5.41, 5.74) is 0. The first-order chi connectivity index (χ1) is 8.27. The fourth-order valence-corrected chi connectivity index (χ4v) is 3.73. The third-order valence-corrected chi connectivity index (χ3v) is 4.75. The zero-order chi connectivity index (χ0) is 11.8. The van der Waals surface area contributed by atoms with E-state index < -0.39 is 0 Å². The van der Waals surface area contributed by atoms with Gasteiger partial charge in [0.05, 0.1) is 6.10 Å². The Morgan fingerprint density at radius 3 is 2.71 bits per heavy atom. The molecular weight excluding hydrogens is 212 g/mol. The summed E-state index contributed by atoms with van der Waals surface area (Å²) in [6.07, 6.45) is 11.0. The van der Waals surface area contributed by atoms with Crippen molar-refractivity contribution >= 4 is 0 Å². The van der Waals surface area contributed by atoms with Gasteiger partial charge >= 0.3 is 0 Å². The molecule has 3 heteroatoms. The molecule has 0 aliphatic heterocycles. The van der Waals surface area contributed by atoms with Gasteiger partial charge in [0.2, 0.25) is 0 Å². The van der Waals surface area contributed by atoms with Gasteiger partial charge < -0.3 is 9.67 Å². The average Bonchev–Trinajstić information content (AvgIpc) is 2.94. The molecule has 2 saturated carbocycles. The lowest BCUT2D eigenvalue weighted by Crippen LogP contribution is -2.14. The minimum Gasteiger partial charge on any atom is -0.393 e. The summed E-state index contributed by atoms with van der Waals surface area (Å²) >= 11 is 0. The Balaban J connectivity index is 1.51. The normalized spacial score (nSPS) is 33.2. The van der Waals surface area contributed by atoms with E-state index in [0.717, 1.165) is 30.5 Å². The average molecular weight is 234 g/mol. The van der Waals surface area contributed by atoms with Crippen molar-refractivity contribution in [3.05, 3.63) is 18.2 Å². The molecule has 17 heavy (non-hydrogen) atoms. The van der Waals surface area contributed by atoms with Crippen LogP contribution in [-0.4, -0.2) is 20.8 Å². The summed E-state index contributed by atoms with van der Waals surface area (Å²) in [7, 11) is 2.02. The minimum absolute atomic E-state index is 0.0974. The van der Waals surface area contributed by atoms with Gasteiger partial charge in [0.15, 0.2) is 0 Å². The van der Waals surface area contributed by atoms with Crippen molar-refractivity contribution < 1.29 is 5.11 Å². The Kier molecular flexibility index (Phi) is 2.95. The molecule has 1 aromatic rings. The first-order valence-electron chi connectivity index (χ1n) is 6.91. The van der Waals surface area contributed by atoms with Gasteiger partial charge in [0.25, 0.3) is 0 Å². The van der Waals surface area contributed by atoms with Crippen molar-refractivity contribution in [1.29, 1.82) is 0 Å². The largest absolute Gasteiger partial charge is 0.393 e. The smallest absolute Gasteiger partial charge is 0.108 e. The lowest BCUT2D eigenvalue weighted by atomic mass is 10.0. The Morgan fingerprint density at radius 1 is 1.41 bits per heavy atom. The van der Waals surface area contributed by atoms with E-state index in [1.165, 1.54) is 25.7 Å². The number of hydrogen-bond donors (Lipinski definition) is 1. The highest BCUT2D eigenvalue weighted by Gasteiger charge is 2.53. The van der Waals surface area contributed by atoms with Crippen LogP contribution in [0.5, 0.6) is 0 Å². The third kappa shape index (κ3) is 2.13. The molecule has 2 fully saturated rings. The number of aliphatic hydroxyl groups is 1. The van der Waals surface area contributed by atoms with Crippen LogP contribution in [0.25, 0.3) is 0 Å². The van der Waals surface area contributed by atoms with Gasteiger partial charge in [-0.15, -0.1) is 0 Å². The molecule has 0 spiro atoms. The number of fused-ring (bicyclic) bond motifs is 1. The molecule has 1 aromatic heterocycles. The van der Waals surface area contributed by atoms with Crippen LogP contribution in [0.1, 0.15) is 37.9 Å². The molecule has 0 bridgehead atoms. The first kappa shape index (κ1) is 11.3. The van der Waals surface area contributed by atoms with Gasteiger partial charge in [0.1, 0.15) is 5.82 Å². The van der Waals surface area contributed by atoms with Crippen molar-refractivity contribution in [2.75, 3.05) is 0 Å². The monoisotopic (exact) mass is 234 g/mol. The van der Waals surface area contributed by atoms with Crippen molar-refractivity contribution in [1.82, 2.24) is 9.55 Å².